The van der Waals surface area contributed by atoms with Gasteiger partial charge in [-0.15, -0.1) is 11.3 Å². The van der Waals surface area contributed by atoms with Gasteiger partial charge in [-0.1, -0.05) is 6.07 Å². The molecule has 1 unspecified atom stereocenters. The molecule has 0 radical (unpaired) electrons. The van der Waals surface area contributed by atoms with Gasteiger partial charge in [0.15, 0.2) is 0 Å². The molecular formula is C22H28N4O5S2. The average Bonchev–Trinajstić information content (AvgIpc) is 3.55. The van der Waals surface area contributed by atoms with Gasteiger partial charge in [0, 0.05) is 18.6 Å². The number of fused-ring (bicyclic) bond motifs is 2. The Labute approximate surface area is 197 Å². The van der Waals surface area contributed by atoms with Crippen LogP contribution in [0.5, 0.6) is 0 Å². The lowest BCUT2D eigenvalue weighted by Crippen LogP contribution is -3.14. The fourth-order valence-corrected chi connectivity index (χ4v) is 7.67. The van der Waals surface area contributed by atoms with Gasteiger partial charge in [-0.05, 0) is 80.5 Å². The summed E-state index contributed by atoms with van der Waals surface area (Å²) in [5, 5.41) is 17.8. The minimum Gasteiger partial charge on any atom is -0.608 e. The zero-order chi connectivity index (χ0) is 23.2. The number of nitrogens with one attached hydrogen (secondary N) is 2. The van der Waals surface area contributed by atoms with Crippen LogP contribution in [-0.2, 0) is 40.6 Å². The molecule has 2 N–H and O–H groups in total. The van der Waals surface area contributed by atoms with Gasteiger partial charge in [0.05, 0.1) is 17.4 Å². The molecule has 2 aromatic rings. The number of ether oxygens (including phenoxy) is 1. The quantitative estimate of drug-likeness (QED) is 0.619. The highest BCUT2D eigenvalue weighted by atomic mass is 32.2. The Bertz CT molecular complexity index is 1140. The van der Waals surface area contributed by atoms with E-state index in [1.54, 1.807) is 12.3 Å². The number of thiazole rings is 1. The third-order valence-corrected chi connectivity index (χ3v) is 9.42. The maximum absolute atomic E-state index is 13.5. The van der Waals surface area contributed by atoms with Gasteiger partial charge in [-0.25, -0.2) is 9.78 Å². The number of quaternary nitrogens is 1. The number of aromatic nitrogens is 1. The largest absolute Gasteiger partial charge is 0.608 e. The average molecular weight is 493 g/mol. The predicted octanol–water partition coefficient (Wildman–Crippen LogP) is 2.27. The fraction of sp³-hybridized carbons (Fsp3) is 0.545. The van der Waals surface area contributed by atoms with Crippen LogP contribution in [0.2, 0.25) is 0 Å². The second kappa shape index (κ2) is 8.95. The van der Waals surface area contributed by atoms with E-state index in [0.717, 1.165) is 65.3 Å². The third-order valence-electron chi connectivity index (χ3n) is 6.71. The molecule has 1 fully saturated rings. The molecule has 5 rings (SSSR count). The second-order valence-electron chi connectivity index (χ2n) is 8.89. The first kappa shape index (κ1) is 22.7. The van der Waals surface area contributed by atoms with Crippen molar-refractivity contribution in [3.05, 3.63) is 44.6 Å². The van der Waals surface area contributed by atoms with Crippen LogP contribution < -0.4 is 14.1 Å². The summed E-state index contributed by atoms with van der Waals surface area (Å²) in [5.74, 6) is 0. The van der Waals surface area contributed by atoms with Crippen molar-refractivity contribution in [3.63, 3.8) is 0 Å². The summed E-state index contributed by atoms with van der Waals surface area (Å²) in [7, 11) is -4.61. The van der Waals surface area contributed by atoms with Crippen LogP contribution in [-0.4, -0.2) is 38.7 Å². The number of hydroxylamine groups is 1. The number of urea groups is 1. The second-order valence-corrected chi connectivity index (χ2v) is 11.4. The van der Waals surface area contributed by atoms with Gasteiger partial charge in [0.25, 0.3) is 0 Å². The standard InChI is InChI=1S/C22H28N4O5S2/c1-14-13-32-22(23-14)25(17-8-10-31-11-9-17)33(29,30)26(28)21(27)24-20-18-6-2-4-15(18)12-16-5-3-7-19(16)20/h12-13,17,26H,2-11H2,1H3,(H,24,27). The van der Waals surface area contributed by atoms with Crippen LogP contribution in [0.1, 0.15) is 53.6 Å². The number of carbonyl (C=O) groups excluding carboxylic acids is 1. The third kappa shape index (κ3) is 4.17. The molecule has 1 atom stereocenters. The highest BCUT2D eigenvalue weighted by Gasteiger charge is 2.41. The number of anilines is 2. The lowest BCUT2D eigenvalue weighted by Gasteiger charge is -2.34. The number of amides is 2. The summed E-state index contributed by atoms with van der Waals surface area (Å²) in [6.07, 6.45) is 6.40. The summed E-state index contributed by atoms with van der Waals surface area (Å²) >= 11 is 1.15. The molecule has 3 aliphatic rings. The summed E-state index contributed by atoms with van der Waals surface area (Å²) in [4.78, 5) is 17.4. The van der Waals surface area contributed by atoms with Crippen LogP contribution in [0.25, 0.3) is 0 Å². The first-order valence-electron chi connectivity index (χ1n) is 11.4. The Kier molecular flexibility index (Phi) is 6.17. The Morgan fingerprint density at radius 3 is 2.39 bits per heavy atom. The summed E-state index contributed by atoms with van der Waals surface area (Å²) in [6, 6.07) is 0.641. The van der Waals surface area contributed by atoms with Crippen LogP contribution >= 0.6 is 11.3 Å². The van der Waals surface area contributed by atoms with E-state index in [2.05, 4.69) is 16.4 Å². The molecule has 11 heteroatoms. The van der Waals surface area contributed by atoms with E-state index in [1.165, 1.54) is 11.1 Å². The summed E-state index contributed by atoms with van der Waals surface area (Å²) < 4.78 is 31.9. The van der Waals surface area contributed by atoms with Crippen molar-refractivity contribution >= 4 is 38.4 Å². The molecule has 1 aromatic heterocycles. The first-order valence-corrected chi connectivity index (χ1v) is 13.7. The molecule has 1 aliphatic heterocycles. The molecular weight excluding hydrogens is 464 g/mol. The molecule has 0 bridgehead atoms. The highest BCUT2D eigenvalue weighted by Crippen LogP contribution is 2.38. The molecule has 9 nitrogen and oxygen atoms in total. The van der Waals surface area contributed by atoms with E-state index in [-0.39, 0.29) is 5.13 Å². The topological polar surface area (TPSA) is 116 Å². The number of hydrogen-bond donors (Lipinski definition) is 2. The summed E-state index contributed by atoms with van der Waals surface area (Å²) in [5.41, 5.74) is 5.81. The van der Waals surface area contributed by atoms with Crippen molar-refractivity contribution in [3.8, 4) is 0 Å². The van der Waals surface area contributed by atoms with Crippen molar-refractivity contribution < 1.29 is 22.4 Å². The molecule has 1 saturated heterocycles. The summed E-state index contributed by atoms with van der Waals surface area (Å²) in [6.45, 7) is 2.55. The molecule has 0 saturated carbocycles. The van der Waals surface area contributed by atoms with E-state index in [4.69, 9.17) is 4.74 Å². The van der Waals surface area contributed by atoms with Crippen molar-refractivity contribution in [1.29, 1.82) is 0 Å². The SMILES string of the molecule is Cc1csc(N(C2CCOCC2)S(=O)(=O)[NH+]([O-])C(=O)Nc2c3c(cc4c2CCC4)CCC3)n1. The van der Waals surface area contributed by atoms with E-state index in [0.29, 0.717) is 37.4 Å². The predicted molar refractivity (Wildman–Crippen MR) is 126 cm³/mol. The molecule has 33 heavy (non-hydrogen) atoms. The van der Waals surface area contributed by atoms with Gasteiger partial charge in [-0.3, -0.25) is 5.32 Å². The van der Waals surface area contributed by atoms with E-state index in [1.807, 2.05) is 0 Å². The lowest BCUT2D eigenvalue weighted by molar-refractivity contribution is -0.604. The van der Waals surface area contributed by atoms with Crippen molar-refractivity contribution in [1.82, 2.24) is 4.98 Å². The number of rotatable bonds is 5. The Balaban J connectivity index is 1.45. The van der Waals surface area contributed by atoms with Gasteiger partial charge < -0.3 is 9.94 Å². The number of benzene rings is 1. The normalized spacial score (nSPS) is 19.2. The van der Waals surface area contributed by atoms with Gasteiger partial charge in [0.2, 0.25) is 5.13 Å². The first-order chi connectivity index (χ1) is 15.9. The minimum atomic E-state index is -4.61. The van der Waals surface area contributed by atoms with Crippen LogP contribution in [0, 0.1) is 12.1 Å². The highest BCUT2D eigenvalue weighted by molar-refractivity contribution is 7.87. The molecule has 2 aliphatic carbocycles. The zero-order valence-electron chi connectivity index (χ0n) is 18.6. The Morgan fingerprint density at radius 2 is 1.82 bits per heavy atom. The zero-order valence-corrected chi connectivity index (χ0v) is 20.2. The van der Waals surface area contributed by atoms with Crippen molar-refractivity contribution in [2.24, 2.45) is 0 Å². The number of carbonyl (C=O) groups is 1. The fourth-order valence-electron chi connectivity index (χ4n) is 5.16. The lowest BCUT2D eigenvalue weighted by atomic mass is 9.99. The Morgan fingerprint density at radius 1 is 1.18 bits per heavy atom. The van der Waals surface area contributed by atoms with E-state index >= 15 is 0 Å². The van der Waals surface area contributed by atoms with Crippen LogP contribution in [0.4, 0.5) is 15.6 Å². The van der Waals surface area contributed by atoms with Crippen molar-refractivity contribution in [2.75, 3.05) is 22.8 Å². The van der Waals surface area contributed by atoms with E-state index < -0.39 is 26.8 Å². The van der Waals surface area contributed by atoms with Crippen LogP contribution in [0.3, 0.4) is 0 Å². The minimum absolute atomic E-state index is 0.210. The van der Waals surface area contributed by atoms with Gasteiger partial charge in [-0.2, -0.15) is 17.2 Å². The van der Waals surface area contributed by atoms with Crippen LogP contribution in [0.15, 0.2) is 11.4 Å². The number of hydrogen-bond acceptors (Lipinski definition) is 7. The molecule has 1 aromatic carbocycles. The van der Waals surface area contributed by atoms with Gasteiger partial charge in [0.1, 0.15) is 0 Å². The molecule has 2 amide bonds. The smallest absolute Gasteiger partial charge is 0.436 e. The maximum atomic E-state index is 13.5. The molecule has 2 heterocycles. The molecule has 0 spiro atoms. The van der Waals surface area contributed by atoms with Gasteiger partial charge >= 0.3 is 16.2 Å². The monoisotopic (exact) mass is 492 g/mol. The number of aryl methyl sites for hydroxylation is 3. The Hall–Kier alpha value is -2.05. The number of nitrogens with zero attached hydrogens (tertiary/aromatic N) is 2. The molecule has 178 valence electrons. The van der Waals surface area contributed by atoms with Crippen molar-refractivity contribution in [2.45, 2.75) is 64.3 Å². The van der Waals surface area contributed by atoms with E-state index in [9.17, 15) is 18.4 Å². The maximum Gasteiger partial charge on any atom is 0.436 e.